The number of hydrogen-bond donors (Lipinski definition) is 1. The van der Waals surface area contributed by atoms with Gasteiger partial charge in [0.05, 0.1) is 4.90 Å². The molecule has 0 saturated carbocycles. The van der Waals surface area contributed by atoms with Crippen LogP contribution in [0.25, 0.3) is 17.7 Å². The molecule has 7 rings (SSSR count). The van der Waals surface area contributed by atoms with Crippen molar-refractivity contribution >= 4 is 47.9 Å². The van der Waals surface area contributed by atoms with E-state index in [1.54, 1.807) is 36.4 Å². The Morgan fingerprint density at radius 3 is 1.88 bits per heavy atom. The Kier molecular flexibility index (Phi) is 12.5. The van der Waals surface area contributed by atoms with Gasteiger partial charge in [-0.2, -0.15) is 34.8 Å². The maximum atomic E-state index is 15.5. The smallest absolute Gasteiger partial charge is 0.450 e. The van der Waals surface area contributed by atoms with Gasteiger partial charge in [0.2, 0.25) is 0 Å². The first-order valence-corrected chi connectivity index (χ1v) is 24.2. The number of nitrogens with one attached hydrogen (secondary N) is 1. The second-order valence-electron chi connectivity index (χ2n) is 15.6. The van der Waals surface area contributed by atoms with Crippen LogP contribution in [0.1, 0.15) is 55.6 Å². The largest absolute Gasteiger partial charge is 0.456 e. The molecular formula is C48H39F6NO8S3. The summed E-state index contributed by atoms with van der Waals surface area (Å²) < 4.78 is 182. The number of rotatable bonds is 14. The molecule has 6 aromatic rings. The van der Waals surface area contributed by atoms with Crippen molar-refractivity contribution < 1.29 is 60.5 Å². The van der Waals surface area contributed by atoms with Crippen LogP contribution in [0.15, 0.2) is 133 Å². The third kappa shape index (κ3) is 8.53. The number of halogens is 6. The molecule has 1 N–H and O–H groups in total. The van der Waals surface area contributed by atoms with Crippen molar-refractivity contribution in [3.8, 4) is 17.2 Å². The van der Waals surface area contributed by atoms with Gasteiger partial charge in [-0.05, 0) is 126 Å². The summed E-state index contributed by atoms with van der Waals surface area (Å²) >= 11 is 0. The molecule has 0 saturated heterocycles. The zero-order valence-corrected chi connectivity index (χ0v) is 37.8. The fourth-order valence-electron chi connectivity index (χ4n) is 7.48. The SMILES string of the molecule is C=Cc1ccc(OS(=O)(=O)C(F)(F)C(F)(F)C(F)(F)S(=O)(=O)NS(=O)(=O)c2ccccc2C2=c3cc/c(=C\c4c(C)cccc4C)cc3Oc3cc(Cc4c(C)cccc4C)ccc32)cc1. The molecule has 0 spiro atoms. The lowest BCUT2D eigenvalue weighted by Crippen LogP contribution is -2.63. The molecule has 18 heteroatoms. The summed E-state index contributed by atoms with van der Waals surface area (Å²) in [5.41, 5.74) is 7.02. The van der Waals surface area contributed by atoms with Crippen LogP contribution in [0, 0.1) is 27.7 Å². The Hall–Kier alpha value is -6.21. The summed E-state index contributed by atoms with van der Waals surface area (Å²) in [6, 6.07) is 29.6. The molecule has 1 heterocycles. The summed E-state index contributed by atoms with van der Waals surface area (Å²) in [6.07, 6.45) is 3.60. The Morgan fingerprint density at radius 2 is 1.26 bits per heavy atom. The molecule has 6 aromatic carbocycles. The standard InChI is InChI=1S/C48H39F6NO8S3/c1-6-33-17-21-36(22-18-33)63-66(60,61)48(53,54)46(49,50)47(51,52)65(58,59)55-64(56,57)44-16-8-7-15-39(44)45-37-23-19-34(25-40-29(2)11-9-12-30(40)3)27-42(37)62-43-28-35(20-24-38(43)45)26-41-31(4)13-10-14-32(41)5/h6-25,27-28,55H,1,26H2,2-5H3/b34-25+. The van der Waals surface area contributed by atoms with E-state index in [4.69, 9.17) is 4.74 Å². The fourth-order valence-corrected chi connectivity index (χ4v) is 11.6. The summed E-state index contributed by atoms with van der Waals surface area (Å²) in [5.74, 6) is -7.95. The molecule has 0 aliphatic carbocycles. The first-order valence-electron chi connectivity index (χ1n) is 19.8. The van der Waals surface area contributed by atoms with Crippen molar-refractivity contribution in [3.63, 3.8) is 0 Å². The second kappa shape index (κ2) is 17.2. The third-order valence-electron chi connectivity index (χ3n) is 11.1. The molecule has 0 unspecified atom stereocenters. The lowest BCUT2D eigenvalue weighted by molar-refractivity contribution is -0.245. The van der Waals surface area contributed by atoms with Crippen molar-refractivity contribution in [1.29, 1.82) is 0 Å². The van der Waals surface area contributed by atoms with E-state index in [-0.39, 0.29) is 33.4 Å². The van der Waals surface area contributed by atoms with Crippen LogP contribution in [0.5, 0.6) is 17.2 Å². The minimum Gasteiger partial charge on any atom is -0.456 e. The van der Waals surface area contributed by atoms with Crippen LogP contribution >= 0.6 is 0 Å². The third-order valence-corrected chi connectivity index (χ3v) is 16.0. The van der Waals surface area contributed by atoms with Gasteiger partial charge in [0.15, 0.2) is 0 Å². The van der Waals surface area contributed by atoms with E-state index >= 15 is 26.3 Å². The number of sulfonamides is 2. The summed E-state index contributed by atoms with van der Waals surface area (Å²) in [5, 5.41) is -13.2. The van der Waals surface area contributed by atoms with Crippen LogP contribution in [0.2, 0.25) is 0 Å². The van der Waals surface area contributed by atoms with Crippen molar-refractivity contribution in [2.75, 3.05) is 0 Å². The Bertz CT molecular complexity index is 3370. The monoisotopic (exact) mass is 967 g/mol. The van der Waals surface area contributed by atoms with Crippen molar-refractivity contribution in [2.24, 2.45) is 0 Å². The van der Waals surface area contributed by atoms with Gasteiger partial charge in [-0.25, -0.2) is 16.8 Å². The van der Waals surface area contributed by atoms with Gasteiger partial charge in [0.25, 0.3) is 20.0 Å². The lowest BCUT2D eigenvalue weighted by atomic mass is 9.90. The van der Waals surface area contributed by atoms with Gasteiger partial charge in [-0.1, -0.05) is 102 Å². The molecular weight excluding hydrogens is 929 g/mol. The molecule has 66 heavy (non-hydrogen) atoms. The van der Waals surface area contributed by atoms with Gasteiger partial charge in [-0.3, -0.25) is 0 Å². The number of ether oxygens (including phenoxy) is 1. The van der Waals surface area contributed by atoms with E-state index in [9.17, 15) is 25.3 Å². The van der Waals surface area contributed by atoms with E-state index < -0.39 is 57.2 Å². The van der Waals surface area contributed by atoms with Crippen molar-refractivity contribution in [1.82, 2.24) is 4.13 Å². The van der Waals surface area contributed by atoms with E-state index in [1.165, 1.54) is 18.2 Å². The van der Waals surface area contributed by atoms with E-state index in [2.05, 4.69) is 10.8 Å². The quantitative estimate of drug-likeness (QED) is 0.0844. The van der Waals surface area contributed by atoms with Crippen molar-refractivity contribution in [2.45, 2.75) is 55.4 Å². The molecule has 0 radical (unpaired) electrons. The molecule has 0 bridgehead atoms. The number of aryl methyl sites for hydroxylation is 4. The highest BCUT2D eigenvalue weighted by Crippen LogP contribution is 2.51. The van der Waals surface area contributed by atoms with Crippen LogP contribution in [-0.4, -0.2) is 41.7 Å². The normalized spacial score (nSPS) is 13.7. The Balaban J connectivity index is 1.33. The first kappa shape index (κ1) is 47.7. The van der Waals surface area contributed by atoms with Gasteiger partial charge in [0.1, 0.15) is 17.2 Å². The number of alkyl halides is 6. The Morgan fingerprint density at radius 1 is 0.652 bits per heavy atom. The van der Waals surface area contributed by atoms with Crippen LogP contribution < -0.4 is 23.5 Å². The predicted molar refractivity (Wildman–Crippen MR) is 239 cm³/mol. The fraction of sp³-hybridized carbons (Fsp3) is 0.167. The average Bonchev–Trinajstić information content (AvgIpc) is 3.25. The van der Waals surface area contributed by atoms with E-state index in [1.807, 2.05) is 70.2 Å². The van der Waals surface area contributed by atoms with Crippen LogP contribution in [0.3, 0.4) is 0 Å². The van der Waals surface area contributed by atoms with Crippen molar-refractivity contribution in [3.05, 3.63) is 194 Å². The lowest BCUT2D eigenvalue weighted by Gasteiger charge is -2.31. The number of hydrogen-bond acceptors (Lipinski definition) is 8. The number of fused-ring (bicyclic) bond motifs is 2. The minimum absolute atomic E-state index is 0.0786. The van der Waals surface area contributed by atoms with E-state index in [0.29, 0.717) is 33.5 Å². The molecule has 0 atom stereocenters. The zero-order chi connectivity index (χ0) is 48.2. The van der Waals surface area contributed by atoms with E-state index in [0.717, 1.165) is 63.2 Å². The van der Waals surface area contributed by atoms with Crippen LogP contribution in [0.4, 0.5) is 26.3 Å². The van der Waals surface area contributed by atoms with Gasteiger partial charge in [-0.15, -0.1) is 0 Å². The Labute approximate surface area is 377 Å². The second-order valence-corrected chi connectivity index (χ2v) is 20.8. The van der Waals surface area contributed by atoms with Gasteiger partial charge < -0.3 is 8.92 Å². The summed E-state index contributed by atoms with van der Waals surface area (Å²) in [4.78, 5) is -1.06. The molecule has 0 aromatic heterocycles. The highest BCUT2D eigenvalue weighted by molar-refractivity contribution is 8.05. The summed E-state index contributed by atoms with van der Waals surface area (Å²) in [7, 11) is -20.5. The minimum atomic E-state index is -7.47. The van der Waals surface area contributed by atoms with Crippen LogP contribution in [-0.2, 0) is 36.6 Å². The predicted octanol–water partition coefficient (Wildman–Crippen LogP) is 9.17. The molecule has 9 nitrogen and oxygen atoms in total. The average molecular weight is 968 g/mol. The maximum Gasteiger partial charge on any atom is 0.450 e. The molecule has 1 aliphatic heterocycles. The molecule has 1 aliphatic rings. The number of benzene rings is 6. The first-order chi connectivity index (χ1) is 30.8. The molecule has 0 fully saturated rings. The highest BCUT2D eigenvalue weighted by Gasteiger charge is 2.83. The maximum absolute atomic E-state index is 15.5. The highest BCUT2D eigenvalue weighted by atomic mass is 32.3. The molecule has 0 amide bonds. The topological polar surface area (TPSA) is 133 Å². The van der Waals surface area contributed by atoms with Gasteiger partial charge >= 0.3 is 26.5 Å². The van der Waals surface area contributed by atoms with Gasteiger partial charge in [0, 0.05) is 21.9 Å². The summed E-state index contributed by atoms with van der Waals surface area (Å²) in [6.45, 7) is 11.2. The zero-order valence-electron chi connectivity index (χ0n) is 35.4. The molecule has 344 valence electrons.